The van der Waals surface area contributed by atoms with E-state index in [9.17, 15) is 5.11 Å². The summed E-state index contributed by atoms with van der Waals surface area (Å²) in [5, 5.41) is 13.0. The Morgan fingerprint density at radius 1 is 1.19 bits per heavy atom. The van der Waals surface area contributed by atoms with E-state index < -0.39 is 0 Å². The minimum atomic E-state index is -0.0819. The fourth-order valence-corrected chi connectivity index (χ4v) is 4.01. The van der Waals surface area contributed by atoms with Crippen LogP contribution in [0.15, 0.2) is 4.99 Å². The molecule has 7 heteroatoms. The van der Waals surface area contributed by atoms with Crippen LogP contribution in [-0.4, -0.2) is 97.3 Å². The van der Waals surface area contributed by atoms with Crippen molar-refractivity contribution in [2.75, 3.05) is 59.4 Å². The van der Waals surface area contributed by atoms with Gasteiger partial charge in [-0.15, -0.1) is 24.0 Å². The number of nitrogens with zero attached hydrogens (tertiary/aromatic N) is 4. The molecular formula is C19H40IN5O. The van der Waals surface area contributed by atoms with Crippen LogP contribution in [0, 0.1) is 0 Å². The first-order chi connectivity index (χ1) is 12.1. The van der Waals surface area contributed by atoms with Crippen molar-refractivity contribution in [2.24, 2.45) is 4.99 Å². The van der Waals surface area contributed by atoms with Crippen molar-refractivity contribution in [2.45, 2.75) is 58.1 Å². The van der Waals surface area contributed by atoms with Gasteiger partial charge >= 0.3 is 0 Å². The molecule has 2 aliphatic heterocycles. The predicted octanol–water partition coefficient (Wildman–Crippen LogP) is 1.83. The van der Waals surface area contributed by atoms with Crippen molar-refractivity contribution in [3.8, 4) is 0 Å². The van der Waals surface area contributed by atoms with Crippen molar-refractivity contribution < 1.29 is 5.11 Å². The number of hydrogen-bond acceptors (Lipinski definition) is 4. The first-order valence-corrected chi connectivity index (χ1v) is 10.3. The normalized spacial score (nSPS) is 23.1. The quantitative estimate of drug-likeness (QED) is 0.240. The molecule has 1 atom stereocenters. The van der Waals surface area contributed by atoms with Crippen LogP contribution in [0.4, 0.5) is 0 Å². The van der Waals surface area contributed by atoms with Gasteiger partial charge in [-0.3, -0.25) is 9.89 Å². The molecule has 2 heterocycles. The number of nitrogens with one attached hydrogen (secondary N) is 1. The monoisotopic (exact) mass is 481 g/mol. The van der Waals surface area contributed by atoms with Crippen molar-refractivity contribution in [3.63, 3.8) is 0 Å². The van der Waals surface area contributed by atoms with Crippen molar-refractivity contribution >= 4 is 29.9 Å². The van der Waals surface area contributed by atoms with Crippen LogP contribution in [0.3, 0.4) is 0 Å². The Bertz CT molecular complexity index is 401. The summed E-state index contributed by atoms with van der Waals surface area (Å²) in [5.74, 6) is 1.04. The fourth-order valence-electron chi connectivity index (χ4n) is 4.01. The number of likely N-dealkylation sites (tertiary alicyclic amines) is 2. The molecule has 0 aromatic rings. The highest BCUT2D eigenvalue weighted by atomic mass is 127. The maximum atomic E-state index is 9.58. The number of aliphatic imine (C=N–C) groups is 1. The Morgan fingerprint density at radius 2 is 1.92 bits per heavy atom. The third-order valence-electron chi connectivity index (χ3n) is 5.54. The number of hydrogen-bond donors (Lipinski definition) is 2. The summed E-state index contributed by atoms with van der Waals surface area (Å²) in [6, 6.07) is 0.665. The molecule has 0 aromatic carbocycles. The van der Waals surface area contributed by atoms with Gasteiger partial charge in [-0.2, -0.15) is 0 Å². The number of rotatable bonds is 8. The number of likely N-dealkylation sites (N-methyl/N-ethyl adjacent to an activating group) is 2. The number of halogens is 1. The lowest BCUT2D eigenvalue weighted by molar-refractivity contribution is 0.0824. The highest BCUT2D eigenvalue weighted by molar-refractivity contribution is 14.0. The van der Waals surface area contributed by atoms with Gasteiger partial charge in [0.1, 0.15) is 0 Å². The van der Waals surface area contributed by atoms with Gasteiger partial charge in [0.15, 0.2) is 5.96 Å². The van der Waals surface area contributed by atoms with Gasteiger partial charge < -0.3 is 20.2 Å². The molecule has 0 saturated carbocycles. The molecule has 2 N–H and O–H groups in total. The fraction of sp³-hybridized carbons (Fsp3) is 0.947. The van der Waals surface area contributed by atoms with E-state index in [1.165, 1.54) is 19.4 Å². The summed E-state index contributed by atoms with van der Waals surface area (Å²) < 4.78 is 0. The summed E-state index contributed by atoms with van der Waals surface area (Å²) >= 11 is 0. The standard InChI is InChI=1S/C19H39N5O.HI/c1-4-20-19(22(3)16-17-8-6-13-24(17)5-2)21-11-7-12-23-14-9-18(25)10-15-23;/h17-18,25H,4-16H2,1-3H3,(H,20,21);1H. The lowest BCUT2D eigenvalue weighted by Gasteiger charge is -2.30. The third kappa shape index (κ3) is 7.86. The van der Waals surface area contributed by atoms with E-state index in [1.54, 1.807) is 0 Å². The molecule has 0 bridgehead atoms. The smallest absolute Gasteiger partial charge is 0.193 e. The summed E-state index contributed by atoms with van der Waals surface area (Å²) in [7, 11) is 2.17. The number of aliphatic hydroxyl groups excluding tert-OH is 1. The molecule has 2 saturated heterocycles. The molecule has 6 nitrogen and oxygen atoms in total. The van der Waals surface area contributed by atoms with E-state index in [0.717, 1.165) is 71.0 Å². The zero-order valence-corrected chi connectivity index (χ0v) is 19.3. The van der Waals surface area contributed by atoms with E-state index >= 15 is 0 Å². The maximum Gasteiger partial charge on any atom is 0.193 e. The zero-order chi connectivity index (χ0) is 18.1. The van der Waals surface area contributed by atoms with Crippen LogP contribution in [0.2, 0.25) is 0 Å². The first-order valence-electron chi connectivity index (χ1n) is 10.3. The zero-order valence-electron chi connectivity index (χ0n) is 17.0. The minimum Gasteiger partial charge on any atom is -0.393 e. The van der Waals surface area contributed by atoms with Gasteiger partial charge in [0.05, 0.1) is 6.10 Å². The molecule has 2 aliphatic rings. The van der Waals surface area contributed by atoms with E-state index in [4.69, 9.17) is 4.99 Å². The Kier molecular flexibility index (Phi) is 12.1. The van der Waals surface area contributed by atoms with E-state index in [1.807, 2.05) is 0 Å². The van der Waals surface area contributed by atoms with Crippen LogP contribution in [0.1, 0.15) is 46.0 Å². The average molecular weight is 481 g/mol. The predicted molar refractivity (Wildman–Crippen MR) is 121 cm³/mol. The molecule has 0 spiro atoms. The van der Waals surface area contributed by atoms with Gasteiger partial charge in [0, 0.05) is 45.8 Å². The van der Waals surface area contributed by atoms with Gasteiger partial charge in [0.2, 0.25) is 0 Å². The summed E-state index contributed by atoms with van der Waals surface area (Å²) in [5.41, 5.74) is 0. The molecule has 0 aliphatic carbocycles. The van der Waals surface area contributed by atoms with Crippen molar-refractivity contribution in [1.29, 1.82) is 0 Å². The lowest BCUT2D eigenvalue weighted by atomic mass is 10.1. The second kappa shape index (κ2) is 13.1. The molecule has 0 radical (unpaired) electrons. The van der Waals surface area contributed by atoms with Gasteiger partial charge in [-0.25, -0.2) is 0 Å². The second-order valence-electron chi connectivity index (χ2n) is 7.47. The van der Waals surface area contributed by atoms with Crippen LogP contribution >= 0.6 is 24.0 Å². The maximum absolute atomic E-state index is 9.58. The molecule has 26 heavy (non-hydrogen) atoms. The van der Waals surface area contributed by atoms with E-state index in [-0.39, 0.29) is 30.1 Å². The Hall–Kier alpha value is -0.120. The summed E-state index contributed by atoms with van der Waals surface area (Å²) in [6.45, 7) is 12.8. The first kappa shape index (κ1) is 23.9. The molecule has 0 amide bonds. The van der Waals surface area contributed by atoms with Crippen molar-refractivity contribution in [3.05, 3.63) is 0 Å². The summed E-state index contributed by atoms with van der Waals surface area (Å²) in [6.07, 6.45) is 5.47. The Balaban J connectivity index is 0.00000338. The van der Waals surface area contributed by atoms with E-state index in [2.05, 4.69) is 40.9 Å². The minimum absolute atomic E-state index is 0. The molecule has 2 fully saturated rings. The van der Waals surface area contributed by atoms with Gasteiger partial charge in [-0.05, 0) is 58.7 Å². The van der Waals surface area contributed by atoms with Crippen LogP contribution in [-0.2, 0) is 0 Å². The Morgan fingerprint density at radius 3 is 2.58 bits per heavy atom. The Labute approximate surface area is 177 Å². The average Bonchev–Trinajstić information content (AvgIpc) is 3.06. The number of guanidine groups is 1. The van der Waals surface area contributed by atoms with Crippen LogP contribution < -0.4 is 5.32 Å². The number of piperidine rings is 1. The molecule has 0 aromatic heterocycles. The highest BCUT2D eigenvalue weighted by Crippen LogP contribution is 2.17. The lowest BCUT2D eigenvalue weighted by Crippen LogP contribution is -2.46. The third-order valence-corrected chi connectivity index (χ3v) is 5.54. The van der Waals surface area contributed by atoms with Crippen LogP contribution in [0.25, 0.3) is 0 Å². The largest absolute Gasteiger partial charge is 0.393 e. The van der Waals surface area contributed by atoms with Gasteiger partial charge in [0.25, 0.3) is 0 Å². The SMILES string of the molecule is CCNC(=NCCCN1CCC(O)CC1)N(C)CC1CCCN1CC.I. The second-order valence-corrected chi connectivity index (χ2v) is 7.47. The van der Waals surface area contributed by atoms with E-state index in [0.29, 0.717) is 6.04 Å². The molecular weight excluding hydrogens is 441 g/mol. The molecule has 1 unspecified atom stereocenters. The van der Waals surface area contributed by atoms with Gasteiger partial charge in [-0.1, -0.05) is 6.92 Å². The topological polar surface area (TPSA) is 54.3 Å². The van der Waals surface area contributed by atoms with Crippen LogP contribution in [0.5, 0.6) is 0 Å². The molecule has 2 rings (SSSR count). The molecule has 154 valence electrons. The number of aliphatic hydroxyl groups is 1. The summed E-state index contributed by atoms with van der Waals surface area (Å²) in [4.78, 5) is 12.2. The highest BCUT2D eigenvalue weighted by Gasteiger charge is 2.25. The van der Waals surface area contributed by atoms with Crippen molar-refractivity contribution in [1.82, 2.24) is 20.0 Å².